The second-order valence-corrected chi connectivity index (χ2v) is 7.86. The van der Waals surface area contributed by atoms with Crippen molar-refractivity contribution in [3.05, 3.63) is 77.6 Å². The summed E-state index contributed by atoms with van der Waals surface area (Å²) >= 11 is 0. The predicted octanol–water partition coefficient (Wildman–Crippen LogP) is 5.90. The van der Waals surface area contributed by atoms with Crippen LogP contribution in [0.5, 0.6) is 11.5 Å². The van der Waals surface area contributed by atoms with Gasteiger partial charge in [-0.1, -0.05) is 0 Å². The van der Waals surface area contributed by atoms with E-state index in [0.29, 0.717) is 23.1 Å². The highest BCUT2D eigenvalue weighted by Crippen LogP contribution is 2.24. The van der Waals surface area contributed by atoms with Crippen molar-refractivity contribution in [3.8, 4) is 23.8 Å². The number of nitrogens with one attached hydrogen (secondary N) is 1. The van der Waals surface area contributed by atoms with Crippen LogP contribution in [0.4, 0.5) is 14.8 Å². The molecule has 2 heterocycles. The highest BCUT2D eigenvalue weighted by atomic mass is 19.2. The van der Waals surface area contributed by atoms with Gasteiger partial charge in [-0.2, -0.15) is 4.98 Å². The summed E-state index contributed by atoms with van der Waals surface area (Å²) in [7, 11) is 0. The summed E-state index contributed by atoms with van der Waals surface area (Å²) in [6.45, 7) is 0.285. The van der Waals surface area contributed by atoms with Gasteiger partial charge in [0.2, 0.25) is 0 Å². The molecule has 37 heavy (non-hydrogen) atoms. The number of amides is 1. The molecule has 0 atom stereocenters. The Morgan fingerprint density at radius 2 is 1.84 bits per heavy atom. The van der Waals surface area contributed by atoms with Gasteiger partial charge in [0, 0.05) is 24.8 Å². The number of oxazole rings is 1. The molecule has 0 saturated heterocycles. The van der Waals surface area contributed by atoms with Crippen molar-refractivity contribution >= 4 is 29.0 Å². The van der Waals surface area contributed by atoms with Crippen LogP contribution in [0, 0.1) is 24.0 Å². The molecule has 2 aromatic carbocycles. The van der Waals surface area contributed by atoms with Crippen LogP contribution in [0.1, 0.15) is 46.5 Å². The Kier molecular flexibility index (Phi) is 8.05. The molecule has 8 nitrogen and oxygen atoms in total. The average molecular weight is 505 g/mol. The lowest BCUT2D eigenvalue weighted by atomic mass is 10.2. The molecule has 0 fully saturated rings. The number of halogens is 2. The number of hydrogen-bond acceptors (Lipinski definition) is 7. The van der Waals surface area contributed by atoms with E-state index in [4.69, 9.17) is 20.3 Å². The van der Waals surface area contributed by atoms with Gasteiger partial charge in [0.1, 0.15) is 22.7 Å². The quantitative estimate of drug-likeness (QED) is 0.163. The summed E-state index contributed by atoms with van der Waals surface area (Å²) in [5.74, 6) is -0.403. The Hall–Kier alpha value is -4.78. The molecule has 10 heteroatoms. The van der Waals surface area contributed by atoms with Crippen molar-refractivity contribution in [2.45, 2.75) is 25.7 Å². The first kappa shape index (κ1) is 25.3. The van der Waals surface area contributed by atoms with Gasteiger partial charge in [-0.15, -0.1) is 12.3 Å². The van der Waals surface area contributed by atoms with Gasteiger partial charge >= 0.3 is 12.0 Å². The van der Waals surface area contributed by atoms with Gasteiger partial charge in [0.05, 0.1) is 12.2 Å². The zero-order valence-electron chi connectivity index (χ0n) is 19.5. The summed E-state index contributed by atoms with van der Waals surface area (Å²) in [5, 5.41) is 2.49. The summed E-state index contributed by atoms with van der Waals surface area (Å²) in [6.07, 6.45) is 9.70. The Morgan fingerprint density at radius 3 is 2.65 bits per heavy atom. The number of benzene rings is 2. The van der Waals surface area contributed by atoms with Crippen molar-refractivity contribution in [1.29, 1.82) is 0 Å². The minimum atomic E-state index is -1.06. The molecular weight excluding hydrogens is 484 g/mol. The topological polar surface area (TPSA) is 104 Å². The van der Waals surface area contributed by atoms with E-state index >= 15 is 0 Å². The van der Waals surface area contributed by atoms with E-state index in [1.54, 1.807) is 12.1 Å². The van der Waals surface area contributed by atoms with E-state index in [2.05, 4.69) is 21.2 Å². The number of ether oxygens (including phenoxy) is 2. The lowest BCUT2D eigenvalue weighted by Gasteiger charge is -2.07. The number of pyridine rings is 1. The Balaban J connectivity index is 1.38. The molecule has 0 saturated carbocycles. The number of nitrogens with zero attached hydrogens (tertiary/aromatic N) is 2. The van der Waals surface area contributed by atoms with Crippen LogP contribution in [0.25, 0.3) is 11.1 Å². The molecule has 0 spiro atoms. The van der Waals surface area contributed by atoms with Crippen LogP contribution in [0.3, 0.4) is 0 Å². The number of carbonyl (C=O) groups is 2. The molecule has 0 aliphatic carbocycles. The minimum absolute atomic E-state index is 0.0335. The van der Waals surface area contributed by atoms with Gasteiger partial charge in [-0.3, -0.25) is 15.1 Å². The molecule has 0 radical (unpaired) electrons. The number of rotatable bonds is 10. The molecule has 1 amide bonds. The number of fused-ring (bicyclic) bond motifs is 1. The van der Waals surface area contributed by atoms with Gasteiger partial charge in [0.15, 0.2) is 17.2 Å². The highest BCUT2D eigenvalue weighted by Gasteiger charge is 2.16. The second-order valence-electron chi connectivity index (χ2n) is 7.86. The molecule has 188 valence electrons. The number of unbranched alkanes of at least 4 members (excludes halogenated alkanes) is 3. The van der Waals surface area contributed by atoms with E-state index in [1.807, 2.05) is 0 Å². The third-order valence-corrected chi connectivity index (χ3v) is 5.13. The van der Waals surface area contributed by atoms with Crippen LogP contribution in [-0.4, -0.2) is 28.5 Å². The van der Waals surface area contributed by atoms with Crippen LogP contribution >= 0.6 is 0 Å². The van der Waals surface area contributed by atoms with Crippen molar-refractivity contribution in [2.75, 3.05) is 11.9 Å². The number of esters is 1. The van der Waals surface area contributed by atoms with Gasteiger partial charge in [-0.25, -0.2) is 13.6 Å². The molecule has 2 aromatic heterocycles. The number of terminal acetylenes is 1. The Labute approximate surface area is 210 Å². The normalized spacial score (nSPS) is 10.6. The van der Waals surface area contributed by atoms with E-state index in [9.17, 15) is 18.4 Å². The maximum absolute atomic E-state index is 13.4. The first-order valence-corrected chi connectivity index (χ1v) is 11.3. The zero-order valence-corrected chi connectivity index (χ0v) is 19.5. The fraction of sp³-hybridized carbons (Fsp3) is 0.185. The lowest BCUT2D eigenvalue weighted by Crippen LogP contribution is -2.13. The third-order valence-electron chi connectivity index (χ3n) is 5.13. The zero-order chi connectivity index (χ0) is 26.2. The standard InChI is InChI=1S/C27H21F2N3O5/c1-2-3-4-5-6-13-35-26(34)17-7-10-24-22(14-17)31-27(37-24)32-25(33)23-16-19(11-12-30-23)36-18-8-9-20(28)21(29)15-18/h1,7-12,14-16H,3-6,13H2,(H,31,32,33). The molecular formula is C27H21F2N3O5. The van der Waals surface area contributed by atoms with Gasteiger partial charge < -0.3 is 13.9 Å². The molecule has 0 aliphatic rings. The van der Waals surface area contributed by atoms with Gasteiger partial charge in [0.25, 0.3) is 5.91 Å². The van der Waals surface area contributed by atoms with E-state index in [1.165, 1.54) is 30.5 Å². The maximum atomic E-state index is 13.4. The fourth-order valence-electron chi connectivity index (χ4n) is 3.30. The van der Waals surface area contributed by atoms with Crippen LogP contribution < -0.4 is 10.1 Å². The van der Waals surface area contributed by atoms with Crippen LogP contribution in [-0.2, 0) is 4.74 Å². The van der Waals surface area contributed by atoms with Crippen molar-refractivity contribution in [2.24, 2.45) is 0 Å². The maximum Gasteiger partial charge on any atom is 0.338 e. The fourth-order valence-corrected chi connectivity index (χ4v) is 3.30. The first-order valence-electron chi connectivity index (χ1n) is 11.3. The summed E-state index contributed by atoms with van der Waals surface area (Å²) in [6, 6.07) is 10.3. The van der Waals surface area contributed by atoms with Crippen LogP contribution in [0.15, 0.2) is 59.1 Å². The van der Waals surface area contributed by atoms with Crippen LogP contribution in [0.2, 0.25) is 0 Å². The largest absolute Gasteiger partial charge is 0.462 e. The SMILES string of the molecule is C#CCCCCCOC(=O)c1ccc2oc(NC(=O)c3cc(Oc4ccc(F)c(F)c4)ccn3)nc2c1. The first-order chi connectivity index (χ1) is 17.9. The Morgan fingerprint density at radius 1 is 1.00 bits per heavy atom. The van der Waals surface area contributed by atoms with Crippen molar-refractivity contribution in [1.82, 2.24) is 9.97 Å². The summed E-state index contributed by atoms with van der Waals surface area (Å²) in [5.41, 5.74) is 0.964. The van der Waals surface area contributed by atoms with E-state index < -0.39 is 23.5 Å². The average Bonchev–Trinajstić information content (AvgIpc) is 3.30. The van der Waals surface area contributed by atoms with E-state index in [0.717, 1.165) is 31.4 Å². The summed E-state index contributed by atoms with van der Waals surface area (Å²) in [4.78, 5) is 33.1. The van der Waals surface area contributed by atoms with E-state index in [-0.39, 0.29) is 29.8 Å². The Bertz CT molecular complexity index is 1480. The molecule has 0 bridgehead atoms. The van der Waals surface area contributed by atoms with Crippen molar-refractivity contribution in [3.63, 3.8) is 0 Å². The molecule has 1 N–H and O–H groups in total. The van der Waals surface area contributed by atoms with Gasteiger partial charge in [-0.05, 0) is 55.7 Å². The highest BCUT2D eigenvalue weighted by molar-refractivity contribution is 6.02. The van der Waals surface area contributed by atoms with Crippen molar-refractivity contribution < 1.29 is 32.3 Å². The molecule has 0 aliphatic heterocycles. The predicted molar refractivity (Wildman–Crippen MR) is 130 cm³/mol. The minimum Gasteiger partial charge on any atom is -0.462 e. The number of hydrogen-bond donors (Lipinski definition) is 1. The monoisotopic (exact) mass is 505 g/mol. The number of anilines is 1. The molecule has 4 aromatic rings. The summed E-state index contributed by atoms with van der Waals surface area (Å²) < 4.78 is 42.8. The smallest absolute Gasteiger partial charge is 0.338 e. The lowest BCUT2D eigenvalue weighted by molar-refractivity contribution is 0.0498. The third kappa shape index (κ3) is 6.67. The number of carbonyl (C=O) groups excluding carboxylic acids is 2. The second kappa shape index (κ2) is 11.8. The molecule has 0 unspecified atom stereocenters. The number of aromatic nitrogens is 2. The molecule has 4 rings (SSSR count).